The minimum absolute atomic E-state index is 0.0233. The molecular formula is C19H17ClN2O2S. The molecule has 2 fully saturated rings. The Morgan fingerprint density at radius 1 is 0.840 bits per heavy atom. The quantitative estimate of drug-likeness (QED) is 0.607. The van der Waals surface area contributed by atoms with E-state index in [1.165, 1.54) is 0 Å². The maximum atomic E-state index is 13.1. The molecular weight excluding hydrogens is 356 g/mol. The molecule has 25 heavy (non-hydrogen) atoms. The Morgan fingerprint density at radius 3 is 1.92 bits per heavy atom. The summed E-state index contributed by atoms with van der Waals surface area (Å²) in [7, 11) is 0. The Bertz CT molecular complexity index is 787. The number of halogens is 1. The van der Waals surface area contributed by atoms with Crippen LogP contribution in [0.3, 0.4) is 0 Å². The van der Waals surface area contributed by atoms with Gasteiger partial charge in [-0.1, -0.05) is 72.4 Å². The molecule has 2 aromatic carbocycles. The lowest BCUT2D eigenvalue weighted by Crippen LogP contribution is -2.39. The van der Waals surface area contributed by atoms with Crippen LogP contribution in [-0.2, 0) is 17.9 Å². The average Bonchev–Trinajstić information content (AvgIpc) is 3.06. The van der Waals surface area contributed by atoms with Crippen molar-refractivity contribution < 1.29 is 9.59 Å². The predicted octanol–water partition coefficient (Wildman–Crippen LogP) is 3.70. The molecule has 0 N–H and O–H groups in total. The van der Waals surface area contributed by atoms with Crippen molar-refractivity contribution in [3.05, 3.63) is 71.8 Å². The summed E-state index contributed by atoms with van der Waals surface area (Å²) in [5.74, 6) is 0. The van der Waals surface area contributed by atoms with Crippen molar-refractivity contribution in [1.29, 1.82) is 0 Å². The van der Waals surface area contributed by atoms with Crippen LogP contribution >= 0.6 is 23.4 Å². The van der Waals surface area contributed by atoms with Gasteiger partial charge in [0.15, 0.2) is 0 Å². The lowest BCUT2D eigenvalue weighted by molar-refractivity contribution is -0.114. The molecule has 0 bridgehead atoms. The summed E-state index contributed by atoms with van der Waals surface area (Å²) in [5, 5.41) is -0.0233. The lowest BCUT2D eigenvalue weighted by Gasteiger charge is -2.23. The van der Waals surface area contributed by atoms with Gasteiger partial charge in [-0.25, -0.2) is 4.79 Å². The number of thioether (sulfide) groups is 1. The molecule has 0 radical (unpaired) electrons. The van der Waals surface area contributed by atoms with Gasteiger partial charge in [0.2, 0.25) is 5.12 Å². The Balaban J connectivity index is 1.64. The van der Waals surface area contributed by atoms with E-state index in [1.807, 2.05) is 60.7 Å². The van der Waals surface area contributed by atoms with E-state index in [2.05, 4.69) is 0 Å². The summed E-state index contributed by atoms with van der Waals surface area (Å²) in [4.78, 5) is 28.9. The Hall–Kier alpha value is -1.98. The number of fused-ring (bicyclic) bond motifs is 1. The fraction of sp³-hybridized carbons (Fsp3) is 0.263. The molecule has 2 heterocycles. The van der Waals surface area contributed by atoms with Gasteiger partial charge in [0.05, 0.1) is 6.04 Å². The maximum Gasteiger partial charge on any atom is 0.321 e. The average molecular weight is 373 g/mol. The molecule has 0 saturated carbocycles. The maximum absolute atomic E-state index is 13.1. The molecule has 6 heteroatoms. The second kappa shape index (κ2) is 6.73. The van der Waals surface area contributed by atoms with Crippen LogP contribution in [0, 0.1) is 0 Å². The van der Waals surface area contributed by atoms with E-state index in [9.17, 15) is 9.59 Å². The van der Waals surface area contributed by atoms with E-state index in [0.29, 0.717) is 13.1 Å². The smallest absolute Gasteiger partial charge is 0.312 e. The molecule has 3 unspecified atom stereocenters. The first-order chi connectivity index (χ1) is 12.1. The van der Waals surface area contributed by atoms with Gasteiger partial charge in [-0.3, -0.25) is 4.79 Å². The van der Waals surface area contributed by atoms with Gasteiger partial charge in [-0.2, -0.15) is 0 Å². The van der Waals surface area contributed by atoms with E-state index < -0.39 is 10.8 Å². The topological polar surface area (TPSA) is 40.6 Å². The standard InChI is InChI=1S/C19H17ClN2O2S/c20-17-15-16(18(23)25-17)22(12-14-9-5-2-6-10-14)19(24)21(15)11-13-7-3-1-4-8-13/h1-10,15-17H,11-12H2. The third kappa shape index (κ3) is 3.02. The van der Waals surface area contributed by atoms with Gasteiger partial charge in [0.1, 0.15) is 10.8 Å². The van der Waals surface area contributed by atoms with E-state index in [0.717, 1.165) is 22.9 Å². The first-order valence-electron chi connectivity index (χ1n) is 8.15. The van der Waals surface area contributed by atoms with E-state index in [-0.39, 0.29) is 17.2 Å². The zero-order valence-corrected chi connectivity index (χ0v) is 15.0. The summed E-state index contributed by atoms with van der Waals surface area (Å²) in [6.45, 7) is 0.880. The second-order valence-corrected chi connectivity index (χ2v) is 8.11. The third-order valence-electron chi connectivity index (χ3n) is 4.64. The highest BCUT2D eigenvalue weighted by molar-refractivity contribution is 8.15. The van der Waals surface area contributed by atoms with Crippen molar-refractivity contribution in [2.45, 2.75) is 29.9 Å². The molecule has 2 aliphatic heterocycles. The number of urea groups is 1. The fourth-order valence-corrected chi connectivity index (χ4v) is 5.07. The molecule has 2 amide bonds. The zero-order valence-electron chi connectivity index (χ0n) is 13.4. The molecule has 2 aliphatic rings. The Morgan fingerprint density at radius 2 is 1.36 bits per heavy atom. The van der Waals surface area contributed by atoms with Crippen LogP contribution in [-0.4, -0.2) is 37.7 Å². The van der Waals surface area contributed by atoms with Crippen molar-refractivity contribution >= 4 is 34.5 Å². The highest BCUT2D eigenvalue weighted by atomic mass is 35.5. The van der Waals surface area contributed by atoms with Gasteiger partial charge >= 0.3 is 6.03 Å². The zero-order chi connectivity index (χ0) is 17.4. The number of nitrogens with zero attached hydrogens (tertiary/aromatic N) is 2. The van der Waals surface area contributed by atoms with Crippen LogP contribution in [0.1, 0.15) is 11.1 Å². The van der Waals surface area contributed by atoms with Crippen LogP contribution in [0.5, 0.6) is 0 Å². The molecule has 2 aromatic rings. The Kier molecular flexibility index (Phi) is 4.44. The normalized spacial score (nSPS) is 25.6. The second-order valence-electron chi connectivity index (χ2n) is 6.23. The number of carbonyl (C=O) groups is 2. The van der Waals surface area contributed by atoms with Crippen LogP contribution in [0.2, 0.25) is 0 Å². The van der Waals surface area contributed by atoms with Crippen LogP contribution in [0.15, 0.2) is 60.7 Å². The SMILES string of the molecule is O=C1SC(Cl)C2C1N(Cc1ccccc1)C(=O)N2Cc1ccccc1. The summed E-state index contributed by atoms with van der Waals surface area (Å²) in [6, 6.07) is 18.6. The summed E-state index contributed by atoms with van der Waals surface area (Å²) in [6.07, 6.45) is 0. The van der Waals surface area contributed by atoms with Crippen molar-refractivity contribution in [2.75, 3.05) is 0 Å². The number of amides is 2. The monoisotopic (exact) mass is 372 g/mol. The lowest BCUT2D eigenvalue weighted by atomic mass is 10.1. The highest BCUT2D eigenvalue weighted by Gasteiger charge is 2.57. The first-order valence-corrected chi connectivity index (χ1v) is 9.46. The molecule has 0 spiro atoms. The van der Waals surface area contributed by atoms with Crippen molar-refractivity contribution in [2.24, 2.45) is 0 Å². The van der Waals surface area contributed by atoms with Crippen molar-refractivity contribution in [1.82, 2.24) is 9.80 Å². The minimum Gasteiger partial charge on any atom is -0.312 e. The van der Waals surface area contributed by atoms with E-state index in [4.69, 9.17) is 11.6 Å². The van der Waals surface area contributed by atoms with Gasteiger partial charge in [-0.05, 0) is 11.1 Å². The fourth-order valence-electron chi connectivity index (χ4n) is 3.47. The Labute approximate surface area is 155 Å². The molecule has 0 aromatic heterocycles. The predicted molar refractivity (Wildman–Crippen MR) is 99.2 cm³/mol. The minimum atomic E-state index is -0.482. The summed E-state index contributed by atoms with van der Waals surface area (Å²) in [5.41, 5.74) is 2.04. The van der Waals surface area contributed by atoms with Crippen LogP contribution in [0.4, 0.5) is 4.79 Å². The summed E-state index contributed by atoms with van der Waals surface area (Å²) >= 11 is 7.56. The van der Waals surface area contributed by atoms with Gasteiger partial charge in [-0.15, -0.1) is 11.6 Å². The number of alkyl halides is 1. The number of hydrogen-bond acceptors (Lipinski definition) is 3. The van der Waals surface area contributed by atoms with Crippen molar-refractivity contribution in [3.8, 4) is 0 Å². The molecule has 4 rings (SSSR count). The van der Waals surface area contributed by atoms with E-state index in [1.54, 1.807) is 9.80 Å². The number of hydrogen-bond donors (Lipinski definition) is 0. The number of benzene rings is 2. The van der Waals surface area contributed by atoms with Crippen LogP contribution in [0.25, 0.3) is 0 Å². The van der Waals surface area contributed by atoms with Gasteiger partial charge in [0, 0.05) is 13.1 Å². The van der Waals surface area contributed by atoms with Crippen molar-refractivity contribution in [3.63, 3.8) is 0 Å². The van der Waals surface area contributed by atoms with E-state index >= 15 is 0 Å². The molecule has 2 saturated heterocycles. The number of rotatable bonds is 4. The van der Waals surface area contributed by atoms with Crippen LogP contribution < -0.4 is 0 Å². The summed E-state index contributed by atoms with van der Waals surface area (Å²) < 4.78 is -0.411. The first kappa shape index (κ1) is 16.5. The largest absolute Gasteiger partial charge is 0.321 e. The molecule has 0 aliphatic carbocycles. The van der Waals surface area contributed by atoms with Gasteiger partial charge in [0.25, 0.3) is 0 Å². The third-order valence-corrected chi connectivity index (χ3v) is 6.14. The van der Waals surface area contributed by atoms with Gasteiger partial charge < -0.3 is 9.80 Å². The highest BCUT2D eigenvalue weighted by Crippen LogP contribution is 2.43. The molecule has 128 valence electrons. The molecule has 3 atom stereocenters. The number of carbonyl (C=O) groups excluding carboxylic acids is 2. The molecule has 4 nitrogen and oxygen atoms in total.